The molecular formula is C34H37N3O5. The van der Waals surface area contributed by atoms with Crippen LogP contribution >= 0.6 is 0 Å². The number of carboxylic acid groups (broad SMARTS) is 1. The van der Waals surface area contributed by atoms with E-state index in [-0.39, 0.29) is 18.2 Å². The zero-order valence-corrected chi connectivity index (χ0v) is 24.2. The maximum absolute atomic E-state index is 13.6. The Morgan fingerprint density at radius 3 is 2.48 bits per heavy atom. The first-order valence-electron chi connectivity index (χ1n) is 14.5. The average Bonchev–Trinajstić information content (AvgIpc) is 3.87. The van der Waals surface area contributed by atoms with Crippen molar-refractivity contribution in [2.75, 3.05) is 43.7 Å². The Labute approximate surface area is 247 Å². The second kappa shape index (κ2) is 13.0. The van der Waals surface area contributed by atoms with E-state index in [0.717, 1.165) is 55.8 Å². The fraction of sp³-hybridized carbons (Fsp3) is 0.382. The second-order valence-electron chi connectivity index (χ2n) is 11.3. The van der Waals surface area contributed by atoms with E-state index in [0.29, 0.717) is 41.0 Å². The third-order valence-corrected chi connectivity index (χ3v) is 8.42. The van der Waals surface area contributed by atoms with Crippen LogP contribution in [0, 0.1) is 23.2 Å². The van der Waals surface area contributed by atoms with Crippen molar-refractivity contribution >= 4 is 23.3 Å². The van der Waals surface area contributed by atoms with Crippen LogP contribution in [0.5, 0.6) is 11.5 Å². The van der Waals surface area contributed by atoms with Gasteiger partial charge in [0.25, 0.3) is 5.91 Å². The number of methoxy groups -OCH3 is 1. The molecule has 1 unspecified atom stereocenters. The summed E-state index contributed by atoms with van der Waals surface area (Å²) in [7, 11) is 3.34. The van der Waals surface area contributed by atoms with Crippen molar-refractivity contribution in [2.24, 2.45) is 11.8 Å². The number of hydrogen-bond donors (Lipinski definition) is 1. The van der Waals surface area contributed by atoms with E-state index in [4.69, 9.17) is 9.47 Å². The van der Waals surface area contributed by atoms with Crippen molar-refractivity contribution in [2.45, 2.75) is 38.0 Å². The predicted molar refractivity (Wildman–Crippen MR) is 161 cm³/mol. The molecule has 0 radical (unpaired) electrons. The number of piperidine rings is 1. The van der Waals surface area contributed by atoms with Crippen LogP contribution in [-0.4, -0.2) is 50.8 Å². The van der Waals surface area contributed by atoms with Crippen molar-refractivity contribution in [1.29, 1.82) is 5.26 Å². The van der Waals surface area contributed by atoms with Gasteiger partial charge in [0.15, 0.2) is 0 Å². The summed E-state index contributed by atoms with van der Waals surface area (Å²) < 4.78 is 11.7. The number of anilines is 2. The topological polar surface area (TPSA) is 103 Å². The molecule has 1 heterocycles. The highest BCUT2D eigenvalue weighted by Crippen LogP contribution is 2.45. The Kier molecular flexibility index (Phi) is 8.97. The molecule has 1 aliphatic heterocycles. The van der Waals surface area contributed by atoms with Gasteiger partial charge in [-0.3, -0.25) is 9.59 Å². The van der Waals surface area contributed by atoms with Gasteiger partial charge in [-0.05, 0) is 91.5 Å². The van der Waals surface area contributed by atoms with Gasteiger partial charge < -0.3 is 24.4 Å². The Hall–Kier alpha value is -4.51. The van der Waals surface area contributed by atoms with Crippen LogP contribution in [0.2, 0.25) is 0 Å². The summed E-state index contributed by atoms with van der Waals surface area (Å²) in [6.45, 7) is 2.14. The maximum atomic E-state index is 13.6. The lowest BCUT2D eigenvalue weighted by atomic mass is 9.91. The third-order valence-electron chi connectivity index (χ3n) is 8.42. The van der Waals surface area contributed by atoms with Crippen LogP contribution in [0.25, 0.3) is 0 Å². The molecule has 218 valence electrons. The zero-order valence-electron chi connectivity index (χ0n) is 24.2. The van der Waals surface area contributed by atoms with E-state index >= 15 is 0 Å². The van der Waals surface area contributed by atoms with Crippen LogP contribution in [0.3, 0.4) is 0 Å². The number of carbonyl (C=O) groups is 2. The molecule has 0 aromatic heterocycles. The SMILES string of the molecule is COc1ccc(C(=O)N(C)c2cccc(C#N)c2)c(N2CCC(COc3cccc(C(CC(=O)O)C4CC4)c3)CC2)c1. The summed E-state index contributed by atoms with van der Waals surface area (Å²) in [6, 6.07) is 22.6. The Morgan fingerprint density at radius 1 is 1.02 bits per heavy atom. The Bertz CT molecular complexity index is 1470. The van der Waals surface area contributed by atoms with Crippen molar-refractivity contribution < 1.29 is 24.2 Å². The lowest BCUT2D eigenvalue weighted by Gasteiger charge is -2.35. The number of aliphatic carboxylic acids is 1. The van der Waals surface area contributed by atoms with Gasteiger partial charge in [-0.15, -0.1) is 0 Å². The minimum Gasteiger partial charge on any atom is -0.497 e. The van der Waals surface area contributed by atoms with E-state index in [9.17, 15) is 20.0 Å². The fourth-order valence-electron chi connectivity index (χ4n) is 5.80. The molecule has 0 bridgehead atoms. The van der Waals surface area contributed by atoms with Gasteiger partial charge in [0.1, 0.15) is 11.5 Å². The standard InChI is InChI=1S/C34H37N3O5/c1-36(27-7-3-5-24(17-27)21-35)34(40)30-12-11-28(41-2)19-32(30)37-15-13-23(14-16-37)22-42-29-8-4-6-26(18-29)31(20-33(38)39)25-9-10-25/h3-8,11-12,17-19,23,25,31H,9-10,13-16,20,22H2,1-2H3,(H,38,39). The molecule has 42 heavy (non-hydrogen) atoms. The number of ether oxygens (including phenoxy) is 2. The average molecular weight is 568 g/mol. The highest BCUT2D eigenvalue weighted by molar-refractivity contribution is 6.09. The van der Waals surface area contributed by atoms with Crippen LogP contribution in [0.15, 0.2) is 66.7 Å². The van der Waals surface area contributed by atoms with E-state index in [1.165, 1.54) is 0 Å². The summed E-state index contributed by atoms with van der Waals surface area (Å²) in [5.41, 5.74) is 3.62. The molecular weight excluding hydrogens is 530 g/mol. The number of amides is 1. The van der Waals surface area contributed by atoms with Gasteiger partial charge in [-0.25, -0.2) is 0 Å². The van der Waals surface area contributed by atoms with E-state index in [2.05, 4.69) is 11.0 Å². The molecule has 1 N–H and O–H groups in total. The van der Waals surface area contributed by atoms with Crippen molar-refractivity contribution in [3.05, 3.63) is 83.4 Å². The molecule has 2 fully saturated rings. The zero-order chi connectivity index (χ0) is 29.6. The molecule has 8 heteroatoms. The monoisotopic (exact) mass is 567 g/mol. The Balaban J connectivity index is 1.23. The van der Waals surface area contributed by atoms with Gasteiger partial charge in [-0.1, -0.05) is 18.2 Å². The number of benzene rings is 3. The Morgan fingerprint density at radius 2 is 1.79 bits per heavy atom. The first-order valence-corrected chi connectivity index (χ1v) is 14.5. The summed E-state index contributed by atoms with van der Waals surface area (Å²) in [5.74, 6) is 1.43. The van der Waals surface area contributed by atoms with E-state index in [1.54, 1.807) is 43.3 Å². The molecule has 1 saturated carbocycles. The normalized spacial score (nSPS) is 15.9. The van der Waals surface area contributed by atoms with E-state index < -0.39 is 5.97 Å². The van der Waals surface area contributed by atoms with Gasteiger partial charge in [0, 0.05) is 31.9 Å². The summed E-state index contributed by atoms with van der Waals surface area (Å²) in [5, 5.41) is 18.6. The van der Waals surface area contributed by atoms with Crippen LogP contribution < -0.4 is 19.3 Å². The summed E-state index contributed by atoms with van der Waals surface area (Å²) >= 11 is 0. The number of hydrogen-bond acceptors (Lipinski definition) is 6. The summed E-state index contributed by atoms with van der Waals surface area (Å²) in [6.07, 6.45) is 4.16. The summed E-state index contributed by atoms with van der Waals surface area (Å²) in [4.78, 5) is 28.8. The number of carbonyl (C=O) groups excluding carboxylic acids is 1. The highest BCUT2D eigenvalue weighted by Gasteiger charge is 2.34. The number of rotatable bonds is 11. The minimum absolute atomic E-state index is 0.0448. The molecule has 2 aliphatic rings. The molecule has 1 atom stereocenters. The van der Waals surface area contributed by atoms with E-state index in [1.807, 2.05) is 42.5 Å². The van der Waals surface area contributed by atoms with Crippen molar-refractivity contribution in [3.63, 3.8) is 0 Å². The maximum Gasteiger partial charge on any atom is 0.303 e. The highest BCUT2D eigenvalue weighted by atomic mass is 16.5. The van der Waals surface area contributed by atoms with Crippen LogP contribution in [-0.2, 0) is 4.79 Å². The van der Waals surface area contributed by atoms with Gasteiger partial charge in [0.05, 0.1) is 43.0 Å². The second-order valence-corrected chi connectivity index (χ2v) is 11.3. The largest absolute Gasteiger partial charge is 0.497 e. The lowest BCUT2D eigenvalue weighted by Crippen LogP contribution is -2.37. The van der Waals surface area contributed by atoms with Crippen LogP contribution in [0.4, 0.5) is 11.4 Å². The molecule has 8 nitrogen and oxygen atoms in total. The van der Waals surface area contributed by atoms with Gasteiger partial charge in [0.2, 0.25) is 0 Å². The molecule has 1 aliphatic carbocycles. The quantitative estimate of drug-likeness (QED) is 0.298. The molecule has 5 rings (SSSR count). The lowest BCUT2D eigenvalue weighted by molar-refractivity contribution is -0.137. The first-order chi connectivity index (χ1) is 20.4. The molecule has 0 spiro atoms. The molecule has 3 aromatic carbocycles. The van der Waals surface area contributed by atoms with Crippen molar-refractivity contribution in [3.8, 4) is 17.6 Å². The van der Waals surface area contributed by atoms with Gasteiger partial charge >= 0.3 is 5.97 Å². The smallest absolute Gasteiger partial charge is 0.303 e. The number of carboxylic acids is 1. The minimum atomic E-state index is -0.759. The molecule has 3 aromatic rings. The van der Waals surface area contributed by atoms with Crippen LogP contribution in [0.1, 0.15) is 59.5 Å². The first kappa shape index (κ1) is 29.0. The molecule has 1 saturated heterocycles. The predicted octanol–water partition coefficient (Wildman–Crippen LogP) is 6.11. The fourth-order valence-corrected chi connectivity index (χ4v) is 5.80. The number of nitrogens with zero attached hydrogens (tertiary/aromatic N) is 3. The third kappa shape index (κ3) is 6.85. The van der Waals surface area contributed by atoms with Crippen molar-refractivity contribution in [1.82, 2.24) is 0 Å². The molecule has 1 amide bonds. The van der Waals surface area contributed by atoms with Gasteiger partial charge in [-0.2, -0.15) is 5.26 Å². The number of nitriles is 1.